The molecule has 0 radical (unpaired) electrons. The Morgan fingerprint density at radius 2 is 2.06 bits per heavy atom. The highest BCUT2D eigenvalue weighted by Gasteiger charge is 2.56. The van der Waals surface area contributed by atoms with Crippen LogP contribution in [0.4, 0.5) is 10.5 Å². The minimum Gasteiger partial charge on any atom is -0.480 e. The van der Waals surface area contributed by atoms with Crippen LogP contribution in [-0.4, -0.2) is 37.6 Å². The third kappa shape index (κ3) is 4.23. The third-order valence-corrected chi connectivity index (χ3v) is 6.92. The smallest absolute Gasteiger partial charge is 0.412 e. The average molecular weight is 506 g/mol. The Morgan fingerprint density at radius 1 is 1.28 bits per heavy atom. The van der Waals surface area contributed by atoms with Crippen LogP contribution in [0.25, 0.3) is 11.4 Å². The Morgan fingerprint density at radius 3 is 2.72 bits per heavy atom. The SMILES string of the molecule is CC1C=CC=CC1C(C)OC(=O)Nc1c(C#N)nsc1C#Cc1nc2nc(C3(C(=O)O)CC3)oc2o1. The lowest BCUT2D eigenvalue weighted by molar-refractivity contribution is -0.140. The van der Waals surface area contributed by atoms with Crippen LogP contribution in [0.1, 0.15) is 49.0 Å². The van der Waals surface area contributed by atoms with Crippen LogP contribution in [0.3, 0.4) is 0 Å². The van der Waals surface area contributed by atoms with Gasteiger partial charge in [-0.25, -0.2) is 4.79 Å². The third-order valence-electron chi connectivity index (χ3n) is 6.15. The fourth-order valence-corrected chi connectivity index (χ4v) is 4.57. The minimum atomic E-state index is -1.11. The molecule has 3 aromatic rings. The molecule has 182 valence electrons. The molecule has 2 aliphatic carbocycles. The van der Waals surface area contributed by atoms with E-state index in [1.807, 2.05) is 37.3 Å². The van der Waals surface area contributed by atoms with Crippen molar-refractivity contribution in [2.45, 2.75) is 38.2 Å². The summed E-state index contributed by atoms with van der Waals surface area (Å²) in [5.74, 6) is 4.72. The molecule has 3 aromatic heterocycles. The van der Waals surface area contributed by atoms with E-state index in [0.717, 1.165) is 11.5 Å². The van der Waals surface area contributed by atoms with Crippen LogP contribution in [0.5, 0.6) is 0 Å². The largest absolute Gasteiger partial charge is 0.480 e. The summed E-state index contributed by atoms with van der Waals surface area (Å²) in [6.45, 7) is 3.85. The van der Waals surface area contributed by atoms with Crippen molar-refractivity contribution in [3.05, 3.63) is 46.7 Å². The lowest BCUT2D eigenvalue weighted by Gasteiger charge is -2.26. The van der Waals surface area contributed by atoms with Crippen molar-refractivity contribution < 1.29 is 28.3 Å². The number of carbonyl (C=O) groups excluding carboxylic acids is 1. The average Bonchev–Trinajstić information content (AvgIpc) is 3.23. The minimum absolute atomic E-state index is 0.00126. The molecule has 0 aliphatic heterocycles. The van der Waals surface area contributed by atoms with Crippen LogP contribution < -0.4 is 5.32 Å². The molecular formula is C24H19N5O6S. The second-order valence-corrected chi connectivity index (χ2v) is 9.35. The number of hydrogen-bond donors (Lipinski definition) is 2. The number of carboxylic acids is 1. The standard InChI is InChI=1S/C24H19N5O6S/c1-12-5-3-4-6-14(12)13(2)33-23(32)27-18-15(11-25)29-36-16(18)7-8-17-26-19-20(34-17)35-21(28-19)24(9-10-24)22(30)31/h3-6,12-14H,9-10H2,1-2H3,(H,27,32)(H,30,31). The van der Waals surface area contributed by atoms with Gasteiger partial charge in [0, 0.05) is 5.92 Å². The maximum Gasteiger partial charge on any atom is 0.412 e. The van der Waals surface area contributed by atoms with Gasteiger partial charge >= 0.3 is 17.8 Å². The number of nitriles is 1. The summed E-state index contributed by atoms with van der Waals surface area (Å²) in [7, 11) is 0. The van der Waals surface area contributed by atoms with Gasteiger partial charge in [0.05, 0.1) is 0 Å². The summed E-state index contributed by atoms with van der Waals surface area (Å²) < 4.78 is 20.5. The van der Waals surface area contributed by atoms with Crippen LogP contribution in [0.15, 0.2) is 33.1 Å². The molecule has 1 fully saturated rings. The molecule has 3 heterocycles. The van der Waals surface area contributed by atoms with Crippen molar-refractivity contribution in [1.82, 2.24) is 14.3 Å². The van der Waals surface area contributed by atoms with Crippen molar-refractivity contribution >= 4 is 40.7 Å². The van der Waals surface area contributed by atoms with Gasteiger partial charge in [0.1, 0.15) is 28.2 Å². The number of hydrogen-bond acceptors (Lipinski definition) is 10. The fourth-order valence-electron chi connectivity index (χ4n) is 3.92. The second-order valence-electron chi connectivity index (χ2n) is 8.58. The van der Waals surface area contributed by atoms with E-state index in [4.69, 9.17) is 13.6 Å². The number of rotatable bonds is 5. The summed E-state index contributed by atoms with van der Waals surface area (Å²) in [5.41, 5.74) is -0.869. The van der Waals surface area contributed by atoms with Crippen molar-refractivity contribution in [2.75, 3.05) is 5.32 Å². The number of nitrogens with one attached hydrogen (secondary N) is 1. The highest BCUT2D eigenvalue weighted by atomic mass is 32.1. The zero-order valence-corrected chi connectivity index (χ0v) is 20.0. The molecule has 3 unspecified atom stereocenters. The summed E-state index contributed by atoms with van der Waals surface area (Å²) in [5, 5.41) is 21.4. The summed E-state index contributed by atoms with van der Waals surface area (Å²) in [6.07, 6.45) is 7.65. The number of allylic oxidation sites excluding steroid dienone is 3. The number of amides is 1. The summed E-state index contributed by atoms with van der Waals surface area (Å²) in [6, 6.07) is 1.92. The van der Waals surface area contributed by atoms with Gasteiger partial charge < -0.3 is 18.7 Å². The number of nitrogens with zero attached hydrogens (tertiary/aromatic N) is 4. The number of fused-ring (bicyclic) bond motifs is 1. The highest BCUT2D eigenvalue weighted by Crippen LogP contribution is 2.48. The Balaban J connectivity index is 1.31. The van der Waals surface area contributed by atoms with Gasteiger partial charge in [-0.3, -0.25) is 10.1 Å². The zero-order valence-electron chi connectivity index (χ0n) is 19.1. The molecule has 0 aromatic carbocycles. The molecule has 1 saturated carbocycles. The first-order valence-electron chi connectivity index (χ1n) is 11.1. The zero-order chi connectivity index (χ0) is 25.4. The quantitative estimate of drug-likeness (QED) is 0.485. The number of carbonyl (C=O) groups is 2. The fraction of sp³-hybridized carbons (Fsp3) is 0.333. The maximum atomic E-state index is 12.6. The topological polar surface area (TPSA) is 164 Å². The van der Waals surface area contributed by atoms with E-state index in [-0.39, 0.29) is 46.4 Å². The Labute approximate surface area is 208 Å². The van der Waals surface area contributed by atoms with Crippen molar-refractivity contribution in [3.8, 4) is 17.9 Å². The molecule has 3 atom stereocenters. The van der Waals surface area contributed by atoms with Crippen LogP contribution in [0, 0.1) is 35.0 Å². The van der Waals surface area contributed by atoms with E-state index in [9.17, 15) is 20.0 Å². The van der Waals surface area contributed by atoms with E-state index >= 15 is 0 Å². The van der Waals surface area contributed by atoms with Gasteiger partial charge in [-0.05, 0) is 49.1 Å². The van der Waals surface area contributed by atoms with E-state index in [2.05, 4.69) is 31.5 Å². The van der Waals surface area contributed by atoms with Crippen molar-refractivity contribution in [3.63, 3.8) is 0 Å². The van der Waals surface area contributed by atoms with Crippen LogP contribution >= 0.6 is 11.5 Å². The van der Waals surface area contributed by atoms with Gasteiger partial charge in [0.2, 0.25) is 11.5 Å². The number of ether oxygens (including phenoxy) is 1. The van der Waals surface area contributed by atoms with Crippen molar-refractivity contribution in [2.24, 2.45) is 11.8 Å². The Bertz CT molecular complexity index is 1490. The molecule has 0 spiro atoms. The van der Waals surface area contributed by atoms with E-state index in [1.165, 1.54) is 0 Å². The molecule has 2 aliphatic rings. The van der Waals surface area contributed by atoms with Gasteiger partial charge in [-0.15, -0.1) is 0 Å². The Kier molecular flexibility index (Phi) is 5.82. The summed E-state index contributed by atoms with van der Waals surface area (Å²) >= 11 is 0.925. The lowest BCUT2D eigenvalue weighted by atomic mass is 9.86. The first kappa shape index (κ1) is 23.3. The molecule has 0 saturated heterocycles. The van der Waals surface area contributed by atoms with E-state index in [0.29, 0.717) is 17.7 Å². The number of oxazole rings is 2. The normalized spacial score (nSPS) is 20.2. The molecular weight excluding hydrogens is 486 g/mol. The molecule has 1 amide bonds. The lowest BCUT2D eigenvalue weighted by Crippen LogP contribution is -2.29. The molecule has 12 heteroatoms. The first-order chi connectivity index (χ1) is 17.3. The van der Waals surface area contributed by atoms with Crippen LogP contribution in [0.2, 0.25) is 0 Å². The number of carboxylic acid groups (broad SMARTS) is 1. The van der Waals surface area contributed by atoms with Gasteiger partial charge in [0.25, 0.3) is 5.89 Å². The Hall–Kier alpha value is -4.42. The monoisotopic (exact) mass is 505 g/mol. The highest BCUT2D eigenvalue weighted by molar-refractivity contribution is 7.07. The molecule has 0 bridgehead atoms. The summed E-state index contributed by atoms with van der Waals surface area (Å²) in [4.78, 5) is 32.6. The van der Waals surface area contributed by atoms with E-state index in [1.54, 1.807) is 6.92 Å². The molecule has 5 rings (SSSR count). The van der Waals surface area contributed by atoms with Crippen molar-refractivity contribution in [1.29, 1.82) is 5.26 Å². The molecule has 2 N–H and O–H groups in total. The van der Waals surface area contributed by atoms with Crippen LogP contribution in [-0.2, 0) is 14.9 Å². The van der Waals surface area contributed by atoms with Gasteiger partial charge in [-0.1, -0.05) is 31.2 Å². The van der Waals surface area contributed by atoms with E-state index < -0.39 is 23.6 Å². The second kappa shape index (κ2) is 8.98. The predicted octanol–water partition coefficient (Wildman–Crippen LogP) is 3.98. The molecule has 36 heavy (non-hydrogen) atoms. The first-order valence-corrected chi connectivity index (χ1v) is 11.8. The van der Waals surface area contributed by atoms with Gasteiger partial charge in [-0.2, -0.15) is 19.6 Å². The number of aromatic nitrogens is 3. The number of anilines is 1. The maximum absolute atomic E-state index is 12.6. The molecule has 11 nitrogen and oxygen atoms in total. The van der Waals surface area contributed by atoms with Gasteiger partial charge in [0.15, 0.2) is 5.69 Å². The predicted molar refractivity (Wildman–Crippen MR) is 126 cm³/mol. The number of aliphatic carboxylic acids is 1.